The zero-order chi connectivity index (χ0) is 17.1. The number of hydrogen-bond donors (Lipinski definition) is 2. The van der Waals surface area contributed by atoms with Crippen molar-refractivity contribution in [3.8, 4) is 0 Å². The third-order valence-corrected chi connectivity index (χ3v) is 2.98. The molecule has 0 fully saturated rings. The normalized spacial score (nSPS) is 12.0. The second-order valence-electron chi connectivity index (χ2n) is 5.90. The lowest BCUT2D eigenvalue weighted by Crippen LogP contribution is -2.45. The average molecular weight is 374 g/mol. The molecule has 0 unspecified atom stereocenters. The molecule has 3 N–H and O–H groups in total. The first kappa shape index (κ1) is 22.0. The number of likely N-dealkylation sites (N-methyl/N-ethyl adjacent to an activating group) is 1. The van der Waals surface area contributed by atoms with Crippen molar-refractivity contribution in [1.82, 2.24) is 4.90 Å². The van der Waals surface area contributed by atoms with Crippen LogP contribution in [0.15, 0.2) is 18.2 Å². The van der Waals surface area contributed by atoms with Gasteiger partial charge in [-0.05, 0) is 39.1 Å². The fraction of sp³-hybridized carbons (Fsp3) is 0.500. The number of halogens is 5. The summed E-state index contributed by atoms with van der Waals surface area (Å²) in [5.41, 5.74) is 4.42. The first-order valence-electron chi connectivity index (χ1n) is 6.52. The van der Waals surface area contributed by atoms with Gasteiger partial charge in [-0.1, -0.05) is 11.6 Å². The van der Waals surface area contributed by atoms with Gasteiger partial charge >= 0.3 is 6.18 Å². The Morgan fingerprint density at radius 2 is 1.91 bits per heavy atom. The van der Waals surface area contributed by atoms with Crippen molar-refractivity contribution in [2.24, 2.45) is 5.73 Å². The Morgan fingerprint density at radius 1 is 1.35 bits per heavy atom. The zero-order valence-corrected chi connectivity index (χ0v) is 14.6. The van der Waals surface area contributed by atoms with Crippen molar-refractivity contribution in [3.63, 3.8) is 0 Å². The van der Waals surface area contributed by atoms with Gasteiger partial charge < -0.3 is 11.1 Å². The predicted molar refractivity (Wildman–Crippen MR) is 88.1 cm³/mol. The fourth-order valence-electron chi connectivity index (χ4n) is 2.02. The minimum absolute atomic E-state index is 0. The molecule has 0 aromatic heterocycles. The smallest absolute Gasteiger partial charge is 0.325 e. The molecule has 0 saturated heterocycles. The van der Waals surface area contributed by atoms with Crippen LogP contribution in [0.2, 0.25) is 5.02 Å². The molecule has 1 rings (SSSR count). The highest BCUT2D eigenvalue weighted by atomic mass is 35.5. The molecule has 1 aromatic rings. The zero-order valence-electron chi connectivity index (χ0n) is 13.0. The van der Waals surface area contributed by atoms with Crippen LogP contribution in [0.3, 0.4) is 0 Å². The number of anilines is 1. The Hall–Kier alpha value is -1.02. The molecule has 0 spiro atoms. The second kappa shape index (κ2) is 8.19. The first-order chi connectivity index (χ1) is 9.88. The lowest BCUT2D eigenvalue weighted by Gasteiger charge is -2.25. The van der Waals surface area contributed by atoms with E-state index in [1.54, 1.807) is 11.9 Å². The van der Waals surface area contributed by atoms with Crippen LogP contribution in [0, 0.1) is 0 Å². The number of nitrogens with zero attached hydrogens (tertiary/aromatic N) is 1. The molecule has 0 atom stereocenters. The van der Waals surface area contributed by atoms with Crippen LogP contribution in [0.4, 0.5) is 18.9 Å². The Balaban J connectivity index is 0.00000484. The third kappa shape index (κ3) is 7.87. The largest absolute Gasteiger partial charge is 0.417 e. The summed E-state index contributed by atoms with van der Waals surface area (Å²) < 4.78 is 38.2. The number of nitrogens with two attached hydrogens (primary N) is 1. The molecular formula is C14H20Cl2F3N3O. The molecule has 0 radical (unpaired) electrons. The molecule has 1 aromatic carbocycles. The van der Waals surface area contributed by atoms with Crippen molar-refractivity contribution in [2.75, 3.05) is 25.5 Å². The molecule has 23 heavy (non-hydrogen) atoms. The van der Waals surface area contributed by atoms with Crippen molar-refractivity contribution >= 4 is 35.6 Å². The van der Waals surface area contributed by atoms with Gasteiger partial charge in [0.1, 0.15) is 0 Å². The van der Waals surface area contributed by atoms with Crippen molar-refractivity contribution < 1.29 is 18.0 Å². The van der Waals surface area contributed by atoms with Crippen LogP contribution in [0.5, 0.6) is 0 Å². The van der Waals surface area contributed by atoms with Gasteiger partial charge in [0.2, 0.25) is 5.91 Å². The van der Waals surface area contributed by atoms with Crippen LogP contribution in [0.1, 0.15) is 19.4 Å². The van der Waals surface area contributed by atoms with E-state index in [1.807, 2.05) is 13.8 Å². The highest BCUT2D eigenvalue weighted by molar-refractivity contribution is 6.31. The van der Waals surface area contributed by atoms with E-state index < -0.39 is 28.2 Å². The lowest BCUT2D eigenvalue weighted by molar-refractivity contribution is -0.137. The van der Waals surface area contributed by atoms with E-state index in [9.17, 15) is 18.0 Å². The molecule has 0 aliphatic rings. The number of alkyl halides is 3. The van der Waals surface area contributed by atoms with Gasteiger partial charge in [-0.15, -0.1) is 12.4 Å². The maximum atomic E-state index is 12.7. The monoisotopic (exact) mass is 373 g/mol. The Bertz CT molecular complexity index is 545. The number of nitrogens with one attached hydrogen (secondary N) is 1. The Labute approximate surface area is 144 Å². The van der Waals surface area contributed by atoms with Crippen LogP contribution >= 0.6 is 24.0 Å². The number of hydrogen-bond acceptors (Lipinski definition) is 3. The van der Waals surface area contributed by atoms with E-state index >= 15 is 0 Å². The topological polar surface area (TPSA) is 58.4 Å². The van der Waals surface area contributed by atoms with E-state index in [2.05, 4.69) is 5.32 Å². The lowest BCUT2D eigenvalue weighted by atomic mass is 10.1. The van der Waals surface area contributed by atoms with Gasteiger partial charge in [0.05, 0.1) is 17.1 Å². The molecule has 1 amide bonds. The van der Waals surface area contributed by atoms with Gasteiger partial charge in [-0.25, -0.2) is 0 Å². The van der Waals surface area contributed by atoms with Gasteiger partial charge in [0.25, 0.3) is 0 Å². The first-order valence-corrected chi connectivity index (χ1v) is 6.90. The summed E-state index contributed by atoms with van der Waals surface area (Å²) in [6, 6.07) is 3.24. The van der Waals surface area contributed by atoms with Gasteiger partial charge in [-0.3, -0.25) is 9.69 Å². The molecule has 9 heteroatoms. The van der Waals surface area contributed by atoms with Crippen molar-refractivity contribution in [1.29, 1.82) is 0 Å². The Kier molecular flexibility index (Phi) is 7.83. The molecule has 0 bridgehead atoms. The van der Waals surface area contributed by atoms with Crippen molar-refractivity contribution in [2.45, 2.75) is 25.6 Å². The van der Waals surface area contributed by atoms with Gasteiger partial charge in [0, 0.05) is 17.8 Å². The number of benzene rings is 1. The highest BCUT2D eigenvalue weighted by Crippen LogP contribution is 2.36. The number of amides is 1. The summed E-state index contributed by atoms with van der Waals surface area (Å²) in [5, 5.41) is 2.01. The van der Waals surface area contributed by atoms with Crippen LogP contribution in [-0.2, 0) is 11.0 Å². The highest BCUT2D eigenvalue weighted by Gasteiger charge is 2.33. The van der Waals surface area contributed by atoms with E-state index in [0.717, 1.165) is 12.1 Å². The molecule has 0 heterocycles. The van der Waals surface area contributed by atoms with Crippen molar-refractivity contribution in [3.05, 3.63) is 28.8 Å². The maximum absolute atomic E-state index is 12.7. The van der Waals surface area contributed by atoms with E-state index in [4.69, 9.17) is 17.3 Å². The second-order valence-corrected chi connectivity index (χ2v) is 6.31. The van der Waals surface area contributed by atoms with Crippen LogP contribution in [-0.4, -0.2) is 36.5 Å². The quantitative estimate of drug-likeness (QED) is 0.831. The summed E-state index contributed by atoms with van der Waals surface area (Å²) >= 11 is 5.52. The summed E-state index contributed by atoms with van der Waals surface area (Å²) in [5.74, 6) is -0.429. The third-order valence-electron chi connectivity index (χ3n) is 2.65. The van der Waals surface area contributed by atoms with Gasteiger partial charge in [0.15, 0.2) is 0 Å². The molecule has 0 saturated carbocycles. The summed E-state index contributed by atoms with van der Waals surface area (Å²) in [6.07, 6.45) is -4.57. The SMILES string of the molecule is CN(CC(=O)Nc1ccc(Cl)c(C(F)(F)F)c1)CC(C)(C)N.Cl. The van der Waals surface area contributed by atoms with E-state index in [1.165, 1.54) is 6.07 Å². The minimum atomic E-state index is -4.57. The van der Waals surface area contributed by atoms with Gasteiger partial charge in [-0.2, -0.15) is 13.2 Å². The van der Waals surface area contributed by atoms with E-state index in [-0.39, 0.29) is 24.6 Å². The van der Waals surface area contributed by atoms with Crippen LogP contribution in [0.25, 0.3) is 0 Å². The maximum Gasteiger partial charge on any atom is 0.417 e. The predicted octanol–water partition coefficient (Wildman–Crippen LogP) is 3.39. The number of carbonyl (C=O) groups excluding carboxylic acids is 1. The summed E-state index contributed by atoms with van der Waals surface area (Å²) in [4.78, 5) is 13.5. The summed E-state index contributed by atoms with van der Waals surface area (Å²) in [6.45, 7) is 4.12. The Morgan fingerprint density at radius 3 is 2.39 bits per heavy atom. The molecule has 0 aliphatic heterocycles. The molecular weight excluding hydrogens is 354 g/mol. The van der Waals surface area contributed by atoms with E-state index in [0.29, 0.717) is 6.54 Å². The minimum Gasteiger partial charge on any atom is -0.325 e. The molecule has 4 nitrogen and oxygen atoms in total. The fourth-order valence-corrected chi connectivity index (χ4v) is 2.24. The number of carbonyl (C=O) groups is 1. The number of rotatable bonds is 5. The standard InChI is InChI=1S/C14H19ClF3N3O.ClH/c1-13(2,19)8-21(3)7-12(22)20-9-4-5-11(15)10(6-9)14(16,17)18;/h4-6H,7-8,19H2,1-3H3,(H,20,22);1H. The molecule has 0 aliphatic carbocycles. The molecule has 132 valence electrons. The average Bonchev–Trinajstić information content (AvgIpc) is 2.27. The summed E-state index contributed by atoms with van der Waals surface area (Å²) in [7, 11) is 1.71. The van der Waals surface area contributed by atoms with Crippen LogP contribution < -0.4 is 11.1 Å².